The van der Waals surface area contributed by atoms with E-state index in [0.29, 0.717) is 4.99 Å². The van der Waals surface area contributed by atoms with Crippen LogP contribution in [0.1, 0.15) is 65.7 Å². The molecule has 0 atom stereocenters. The molecule has 1 aliphatic rings. The van der Waals surface area contributed by atoms with E-state index in [2.05, 4.69) is 26.1 Å². The molecule has 0 aliphatic heterocycles. The molecule has 0 aromatic rings. The zero-order valence-corrected chi connectivity index (χ0v) is 12.7. The van der Waals surface area contributed by atoms with E-state index in [0.717, 1.165) is 38.5 Å². The van der Waals surface area contributed by atoms with Gasteiger partial charge in [-0.25, -0.2) is 0 Å². The first kappa shape index (κ1) is 15.4. The summed E-state index contributed by atoms with van der Waals surface area (Å²) in [6.07, 6.45) is 6.88. The standard InChI is InChI=1S/C14H26N2OS/c1-4-8-13(2,3)16-12(17)14(11(15)18)9-6-5-7-10-14/h4-10H2,1-3H3,(H2,15,18)(H,16,17). The van der Waals surface area contributed by atoms with Gasteiger partial charge in [0.2, 0.25) is 5.91 Å². The van der Waals surface area contributed by atoms with Gasteiger partial charge in [-0.05, 0) is 33.1 Å². The summed E-state index contributed by atoms with van der Waals surface area (Å²) < 4.78 is 0. The number of rotatable bonds is 5. The van der Waals surface area contributed by atoms with Crippen molar-refractivity contribution in [2.45, 2.75) is 71.3 Å². The Kier molecular flexibility index (Phi) is 5.14. The lowest BCUT2D eigenvalue weighted by atomic mass is 9.72. The molecule has 0 aromatic heterocycles. The van der Waals surface area contributed by atoms with Gasteiger partial charge in [0.15, 0.2) is 0 Å². The van der Waals surface area contributed by atoms with Crippen molar-refractivity contribution in [3.8, 4) is 0 Å². The maximum atomic E-state index is 12.6. The maximum absolute atomic E-state index is 12.6. The molecule has 3 nitrogen and oxygen atoms in total. The molecule has 0 aromatic carbocycles. The minimum Gasteiger partial charge on any atom is -0.392 e. The first-order chi connectivity index (χ1) is 8.34. The summed E-state index contributed by atoms with van der Waals surface area (Å²) in [5, 5.41) is 3.14. The average molecular weight is 270 g/mol. The number of amides is 1. The molecule has 0 radical (unpaired) electrons. The Balaban J connectivity index is 2.81. The Morgan fingerprint density at radius 3 is 2.33 bits per heavy atom. The fourth-order valence-corrected chi connectivity index (χ4v) is 3.15. The number of nitrogens with two attached hydrogens (primary N) is 1. The Labute approximate surface area is 116 Å². The van der Waals surface area contributed by atoms with Crippen molar-refractivity contribution in [2.24, 2.45) is 11.1 Å². The number of hydrogen-bond acceptors (Lipinski definition) is 2. The summed E-state index contributed by atoms with van der Waals surface area (Å²) in [4.78, 5) is 12.9. The fourth-order valence-electron chi connectivity index (χ4n) is 2.86. The summed E-state index contributed by atoms with van der Waals surface area (Å²) in [7, 11) is 0. The SMILES string of the molecule is CCCC(C)(C)NC(=O)C1(C(N)=S)CCCCC1. The van der Waals surface area contributed by atoms with Crippen LogP contribution in [0.3, 0.4) is 0 Å². The highest BCUT2D eigenvalue weighted by Crippen LogP contribution is 2.37. The van der Waals surface area contributed by atoms with Crippen molar-refractivity contribution in [2.75, 3.05) is 0 Å². The number of nitrogens with one attached hydrogen (secondary N) is 1. The second-order valence-corrected chi connectivity index (χ2v) is 6.53. The topological polar surface area (TPSA) is 55.1 Å². The Hall–Kier alpha value is -0.640. The van der Waals surface area contributed by atoms with Gasteiger partial charge in [-0.1, -0.05) is 44.8 Å². The summed E-state index contributed by atoms with van der Waals surface area (Å²) in [5.41, 5.74) is 5.09. The van der Waals surface area contributed by atoms with E-state index < -0.39 is 5.41 Å². The smallest absolute Gasteiger partial charge is 0.233 e. The van der Waals surface area contributed by atoms with Crippen molar-refractivity contribution < 1.29 is 4.79 Å². The van der Waals surface area contributed by atoms with E-state index in [4.69, 9.17) is 18.0 Å². The van der Waals surface area contributed by atoms with Crippen LogP contribution in [0.5, 0.6) is 0 Å². The van der Waals surface area contributed by atoms with Crippen LogP contribution in [0.2, 0.25) is 0 Å². The van der Waals surface area contributed by atoms with E-state index in [-0.39, 0.29) is 11.4 Å². The number of thiocarbonyl (C=S) groups is 1. The van der Waals surface area contributed by atoms with E-state index in [1.54, 1.807) is 0 Å². The lowest BCUT2D eigenvalue weighted by molar-refractivity contribution is -0.130. The fraction of sp³-hybridized carbons (Fsp3) is 0.857. The van der Waals surface area contributed by atoms with Crippen molar-refractivity contribution in [1.82, 2.24) is 5.32 Å². The molecule has 104 valence electrons. The Morgan fingerprint density at radius 1 is 1.33 bits per heavy atom. The molecule has 1 rings (SSSR count). The summed E-state index contributed by atoms with van der Waals surface area (Å²) in [6, 6.07) is 0. The third kappa shape index (κ3) is 3.44. The Morgan fingerprint density at radius 2 is 1.89 bits per heavy atom. The molecule has 0 bridgehead atoms. The lowest BCUT2D eigenvalue weighted by Gasteiger charge is -2.38. The van der Waals surface area contributed by atoms with Crippen LogP contribution in [0.4, 0.5) is 0 Å². The van der Waals surface area contributed by atoms with Crippen LogP contribution in [0.25, 0.3) is 0 Å². The average Bonchev–Trinajstić information content (AvgIpc) is 2.28. The van der Waals surface area contributed by atoms with Gasteiger partial charge in [0.25, 0.3) is 0 Å². The predicted octanol–water partition coefficient (Wildman–Crippen LogP) is 2.92. The molecule has 1 saturated carbocycles. The summed E-state index contributed by atoms with van der Waals surface area (Å²) >= 11 is 5.17. The number of carbonyl (C=O) groups excluding carboxylic acids is 1. The van der Waals surface area contributed by atoms with E-state index in [1.165, 1.54) is 6.42 Å². The molecule has 1 amide bonds. The summed E-state index contributed by atoms with van der Waals surface area (Å²) in [6.45, 7) is 6.24. The van der Waals surface area contributed by atoms with E-state index >= 15 is 0 Å². The van der Waals surface area contributed by atoms with Gasteiger partial charge < -0.3 is 11.1 Å². The zero-order valence-electron chi connectivity index (χ0n) is 11.8. The van der Waals surface area contributed by atoms with Crippen LogP contribution in [-0.2, 0) is 4.79 Å². The molecular weight excluding hydrogens is 244 g/mol. The third-order valence-electron chi connectivity index (χ3n) is 3.94. The molecule has 0 heterocycles. The molecule has 0 spiro atoms. The predicted molar refractivity (Wildman–Crippen MR) is 79.4 cm³/mol. The minimum atomic E-state index is -0.599. The van der Waals surface area contributed by atoms with Gasteiger partial charge in [0.05, 0.1) is 10.4 Å². The molecule has 1 aliphatic carbocycles. The number of hydrogen-bond donors (Lipinski definition) is 2. The molecule has 0 unspecified atom stereocenters. The van der Waals surface area contributed by atoms with Gasteiger partial charge in [-0.3, -0.25) is 4.79 Å². The van der Waals surface area contributed by atoms with Crippen molar-refractivity contribution >= 4 is 23.1 Å². The van der Waals surface area contributed by atoms with Gasteiger partial charge in [0.1, 0.15) is 0 Å². The van der Waals surface area contributed by atoms with Crippen molar-refractivity contribution in [3.63, 3.8) is 0 Å². The van der Waals surface area contributed by atoms with Gasteiger partial charge >= 0.3 is 0 Å². The van der Waals surface area contributed by atoms with Gasteiger partial charge in [0, 0.05) is 5.54 Å². The van der Waals surface area contributed by atoms with Crippen LogP contribution < -0.4 is 11.1 Å². The highest BCUT2D eigenvalue weighted by atomic mass is 32.1. The highest BCUT2D eigenvalue weighted by Gasteiger charge is 2.43. The number of carbonyl (C=O) groups is 1. The normalized spacial score (nSPS) is 19.3. The van der Waals surface area contributed by atoms with Crippen LogP contribution in [0.15, 0.2) is 0 Å². The molecular formula is C14H26N2OS. The molecule has 4 heteroatoms. The van der Waals surface area contributed by atoms with E-state index in [9.17, 15) is 4.79 Å². The molecule has 0 saturated heterocycles. The van der Waals surface area contributed by atoms with Gasteiger partial charge in [-0.2, -0.15) is 0 Å². The highest BCUT2D eigenvalue weighted by molar-refractivity contribution is 7.80. The van der Waals surface area contributed by atoms with Crippen molar-refractivity contribution in [3.05, 3.63) is 0 Å². The molecule has 18 heavy (non-hydrogen) atoms. The quantitative estimate of drug-likeness (QED) is 0.755. The third-order valence-corrected chi connectivity index (χ3v) is 4.33. The zero-order chi connectivity index (χ0) is 13.8. The monoisotopic (exact) mass is 270 g/mol. The van der Waals surface area contributed by atoms with Crippen LogP contribution in [0, 0.1) is 5.41 Å². The largest absolute Gasteiger partial charge is 0.392 e. The lowest BCUT2D eigenvalue weighted by Crippen LogP contribution is -2.55. The van der Waals surface area contributed by atoms with Crippen LogP contribution in [-0.4, -0.2) is 16.4 Å². The van der Waals surface area contributed by atoms with E-state index in [1.807, 2.05) is 0 Å². The molecule has 3 N–H and O–H groups in total. The van der Waals surface area contributed by atoms with Gasteiger partial charge in [-0.15, -0.1) is 0 Å². The first-order valence-corrected chi connectivity index (χ1v) is 7.37. The van der Waals surface area contributed by atoms with Crippen LogP contribution >= 0.6 is 12.2 Å². The second kappa shape index (κ2) is 6.00. The summed E-state index contributed by atoms with van der Waals surface area (Å²) in [5.74, 6) is 0.0353. The minimum absolute atomic E-state index is 0.0353. The first-order valence-electron chi connectivity index (χ1n) is 6.96. The second-order valence-electron chi connectivity index (χ2n) is 6.10. The maximum Gasteiger partial charge on any atom is 0.233 e. The Bertz CT molecular complexity index is 320. The molecule has 1 fully saturated rings. The van der Waals surface area contributed by atoms with Crippen molar-refractivity contribution in [1.29, 1.82) is 0 Å².